The molecule has 0 aliphatic carbocycles. The van der Waals surface area contributed by atoms with E-state index in [2.05, 4.69) is 14.9 Å². The van der Waals surface area contributed by atoms with Crippen LogP contribution in [-0.4, -0.2) is 18.8 Å². The lowest BCUT2D eigenvalue weighted by Gasteiger charge is -1.98. The lowest BCUT2D eigenvalue weighted by atomic mass is 10.3. The Morgan fingerprint density at radius 2 is 2.07 bits per heavy atom. The van der Waals surface area contributed by atoms with Crippen molar-refractivity contribution >= 4 is 26.8 Å². The second-order valence-corrected chi connectivity index (χ2v) is 4.18. The monoisotopic (exact) mass is 214 g/mol. The average Bonchev–Trinajstić information content (AvgIpc) is 2.50. The van der Waals surface area contributed by atoms with Gasteiger partial charge < -0.3 is 10.3 Å². The number of benzene rings is 1. The molecule has 2 aromatic rings. The summed E-state index contributed by atoms with van der Waals surface area (Å²) in [6, 6.07) is 2.63. The summed E-state index contributed by atoms with van der Waals surface area (Å²) in [5.41, 5.74) is 5.97. The maximum absolute atomic E-state index is 11.1. The van der Waals surface area contributed by atoms with Gasteiger partial charge in [0.05, 0.1) is 5.69 Å². The SMILES string of the molecule is Nc1ccc(S(N)(=O)=O)c2onnc12. The van der Waals surface area contributed by atoms with E-state index in [1.807, 2.05) is 0 Å². The number of nitrogen functional groups attached to an aromatic ring is 1. The number of fused-ring (bicyclic) bond motifs is 1. The normalized spacial score (nSPS) is 12.1. The molecule has 0 bridgehead atoms. The molecule has 8 heteroatoms. The smallest absolute Gasteiger partial charge is 0.241 e. The minimum absolute atomic E-state index is 0.0208. The second-order valence-electron chi connectivity index (χ2n) is 2.65. The molecule has 14 heavy (non-hydrogen) atoms. The summed E-state index contributed by atoms with van der Waals surface area (Å²) in [6.07, 6.45) is 0. The van der Waals surface area contributed by atoms with Crippen molar-refractivity contribution in [3.05, 3.63) is 12.1 Å². The highest BCUT2D eigenvalue weighted by Crippen LogP contribution is 2.24. The molecule has 1 aromatic heterocycles. The van der Waals surface area contributed by atoms with Crippen LogP contribution < -0.4 is 10.9 Å². The van der Waals surface area contributed by atoms with E-state index < -0.39 is 10.0 Å². The van der Waals surface area contributed by atoms with Gasteiger partial charge in [0, 0.05) is 5.27 Å². The molecule has 0 amide bonds. The minimum atomic E-state index is -3.85. The van der Waals surface area contributed by atoms with Crippen molar-refractivity contribution < 1.29 is 12.9 Å². The van der Waals surface area contributed by atoms with E-state index in [9.17, 15) is 8.42 Å². The standard InChI is InChI=1S/C6H6N4O3S/c7-3-1-2-4(14(8,11)12)6-5(3)9-10-13-6/h1-2H,7H2,(H2,8,11,12). The van der Waals surface area contributed by atoms with Gasteiger partial charge in [0.2, 0.25) is 15.6 Å². The lowest BCUT2D eigenvalue weighted by molar-refractivity contribution is 0.419. The summed E-state index contributed by atoms with van der Waals surface area (Å²) in [6.45, 7) is 0. The predicted octanol–water partition coefficient (Wildman–Crippen LogP) is -0.548. The van der Waals surface area contributed by atoms with Crippen molar-refractivity contribution in [1.82, 2.24) is 10.4 Å². The van der Waals surface area contributed by atoms with E-state index in [-0.39, 0.29) is 21.7 Å². The van der Waals surface area contributed by atoms with E-state index >= 15 is 0 Å². The highest BCUT2D eigenvalue weighted by Gasteiger charge is 2.18. The van der Waals surface area contributed by atoms with Gasteiger partial charge in [-0.05, 0) is 12.1 Å². The lowest BCUT2D eigenvalue weighted by Crippen LogP contribution is -2.12. The first-order chi connectivity index (χ1) is 6.50. The first kappa shape index (κ1) is 8.91. The summed E-state index contributed by atoms with van der Waals surface area (Å²) in [5.74, 6) is 0. The van der Waals surface area contributed by atoms with Gasteiger partial charge in [0.1, 0.15) is 4.90 Å². The van der Waals surface area contributed by atoms with Crippen LogP contribution in [0.25, 0.3) is 11.1 Å². The van der Waals surface area contributed by atoms with Crippen molar-refractivity contribution in [1.29, 1.82) is 0 Å². The number of anilines is 1. The van der Waals surface area contributed by atoms with Gasteiger partial charge in [0.15, 0.2) is 5.52 Å². The molecule has 0 fully saturated rings. The van der Waals surface area contributed by atoms with Gasteiger partial charge in [-0.2, -0.15) is 0 Å². The van der Waals surface area contributed by atoms with Crippen LogP contribution in [0.3, 0.4) is 0 Å². The maximum atomic E-state index is 11.1. The molecule has 1 aromatic carbocycles. The zero-order chi connectivity index (χ0) is 10.3. The summed E-state index contributed by atoms with van der Waals surface area (Å²) in [7, 11) is -3.85. The number of nitrogens with two attached hydrogens (primary N) is 2. The minimum Gasteiger partial charge on any atom is -0.397 e. The third kappa shape index (κ3) is 1.20. The molecule has 0 saturated heterocycles. The molecule has 0 radical (unpaired) electrons. The molecule has 74 valence electrons. The molecule has 7 nitrogen and oxygen atoms in total. The zero-order valence-corrected chi connectivity index (χ0v) is 7.65. The molecule has 2 rings (SSSR count). The van der Waals surface area contributed by atoms with Crippen LogP contribution in [0.2, 0.25) is 0 Å². The predicted molar refractivity (Wildman–Crippen MR) is 47.6 cm³/mol. The number of nitrogens with zero attached hydrogens (tertiary/aromatic N) is 2. The maximum Gasteiger partial charge on any atom is 0.241 e. The number of hydrogen-bond donors (Lipinski definition) is 2. The first-order valence-electron chi connectivity index (χ1n) is 3.53. The van der Waals surface area contributed by atoms with Crippen molar-refractivity contribution in [2.75, 3.05) is 5.73 Å². The Kier molecular flexibility index (Phi) is 1.69. The molecule has 0 aliphatic heterocycles. The molecule has 0 unspecified atom stereocenters. The average molecular weight is 214 g/mol. The molecule has 0 spiro atoms. The van der Waals surface area contributed by atoms with Crippen LogP contribution in [0.4, 0.5) is 5.69 Å². The number of rotatable bonds is 1. The van der Waals surface area contributed by atoms with E-state index in [0.29, 0.717) is 0 Å². The fraction of sp³-hybridized carbons (Fsp3) is 0. The topological polar surface area (TPSA) is 125 Å². The van der Waals surface area contributed by atoms with Crippen LogP contribution in [0.5, 0.6) is 0 Å². The summed E-state index contributed by atoms with van der Waals surface area (Å²) < 4.78 is 26.8. The van der Waals surface area contributed by atoms with E-state index in [1.165, 1.54) is 12.1 Å². The third-order valence-corrected chi connectivity index (χ3v) is 2.64. The molecule has 0 aliphatic rings. The van der Waals surface area contributed by atoms with Crippen LogP contribution in [0, 0.1) is 0 Å². The van der Waals surface area contributed by atoms with Crippen molar-refractivity contribution in [3.8, 4) is 0 Å². The highest BCUT2D eigenvalue weighted by molar-refractivity contribution is 7.89. The third-order valence-electron chi connectivity index (χ3n) is 1.71. The van der Waals surface area contributed by atoms with Crippen molar-refractivity contribution in [3.63, 3.8) is 0 Å². The molecular weight excluding hydrogens is 208 g/mol. The van der Waals surface area contributed by atoms with Crippen LogP contribution in [-0.2, 0) is 10.0 Å². The number of primary sulfonamides is 1. The number of aromatic nitrogens is 2. The molecule has 4 N–H and O–H groups in total. The van der Waals surface area contributed by atoms with Gasteiger partial charge in [-0.1, -0.05) is 0 Å². The number of hydrogen-bond acceptors (Lipinski definition) is 6. The first-order valence-corrected chi connectivity index (χ1v) is 5.08. The van der Waals surface area contributed by atoms with E-state index in [1.54, 1.807) is 0 Å². The molecule has 0 atom stereocenters. The largest absolute Gasteiger partial charge is 0.397 e. The summed E-state index contributed by atoms with van der Waals surface area (Å²) in [5, 5.41) is 11.7. The van der Waals surface area contributed by atoms with Gasteiger partial charge in [-0.3, -0.25) is 0 Å². The van der Waals surface area contributed by atoms with Gasteiger partial charge in [0.25, 0.3) is 0 Å². The van der Waals surface area contributed by atoms with Crippen molar-refractivity contribution in [2.24, 2.45) is 5.14 Å². The van der Waals surface area contributed by atoms with Crippen LogP contribution in [0.15, 0.2) is 21.6 Å². The molecule has 0 saturated carbocycles. The Bertz CT molecular complexity index is 588. The Morgan fingerprint density at radius 3 is 2.71 bits per heavy atom. The van der Waals surface area contributed by atoms with E-state index in [4.69, 9.17) is 10.9 Å². The molecule has 1 heterocycles. The Labute approximate surface area is 78.7 Å². The fourth-order valence-electron chi connectivity index (χ4n) is 1.09. The quantitative estimate of drug-likeness (QED) is 0.613. The van der Waals surface area contributed by atoms with E-state index in [0.717, 1.165) is 0 Å². The second kappa shape index (κ2) is 2.66. The highest BCUT2D eigenvalue weighted by atomic mass is 32.2. The number of sulfonamides is 1. The Balaban J connectivity index is 2.93. The summed E-state index contributed by atoms with van der Waals surface area (Å²) >= 11 is 0. The van der Waals surface area contributed by atoms with Gasteiger partial charge in [-0.25, -0.2) is 13.6 Å². The van der Waals surface area contributed by atoms with Crippen molar-refractivity contribution in [2.45, 2.75) is 4.90 Å². The Morgan fingerprint density at radius 1 is 1.36 bits per heavy atom. The van der Waals surface area contributed by atoms with Crippen LogP contribution in [0.1, 0.15) is 0 Å². The van der Waals surface area contributed by atoms with Crippen LogP contribution >= 0.6 is 0 Å². The molecular formula is C6H6N4O3S. The fourth-order valence-corrected chi connectivity index (χ4v) is 1.74. The zero-order valence-electron chi connectivity index (χ0n) is 6.84. The Hall–Kier alpha value is -1.67. The summed E-state index contributed by atoms with van der Waals surface area (Å²) in [4.78, 5) is -0.174. The van der Waals surface area contributed by atoms with Gasteiger partial charge in [-0.15, -0.1) is 5.10 Å². The van der Waals surface area contributed by atoms with Gasteiger partial charge >= 0.3 is 0 Å².